The number of rotatable bonds is 8. The first-order chi connectivity index (χ1) is 16.0. The topological polar surface area (TPSA) is 121 Å². The van der Waals surface area contributed by atoms with Crippen molar-refractivity contribution in [2.75, 3.05) is 47.6 Å². The van der Waals surface area contributed by atoms with Crippen molar-refractivity contribution in [3.05, 3.63) is 42.1 Å². The second-order valence-corrected chi connectivity index (χ2v) is 9.66. The van der Waals surface area contributed by atoms with Gasteiger partial charge in [-0.2, -0.15) is 0 Å². The highest BCUT2D eigenvalue weighted by atomic mass is 32.2. The maximum Gasteiger partial charge on any atom is 0.252 e. The largest absolute Gasteiger partial charge is 0.382 e. The van der Waals surface area contributed by atoms with E-state index < -0.39 is 16.6 Å². The molecule has 178 valence electrons. The van der Waals surface area contributed by atoms with Gasteiger partial charge in [0.15, 0.2) is 10.7 Å². The molecule has 1 saturated heterocycles. The molecule has 33 heavy (non-hydrogen) atoms. The number of nitrogens with zero attached hydrogens (tertiary/aromatic N) is 3. The average molecular weight is 473 g/mol. The summed E-state index contributed by atoms with van der Waals surface area (Å²) >= 11 is 0. The molecule has 2 fully saturated rings. The predicted molar refractivity (Wildman–Crippen MR) is 132 cm³/mol. The van der Waals surface area contributed by atoms with Gasteiger partial charge in [-0.15, -0.1) is 0 Å². The number of pyridine rings is 1. The SMILES string of the molecule is NC(=O)c1cnc(Nc2ccc(N3CCN(C[SH](=O)=O)CC3)cc2)cc1NC1CCCCC1. The third-order valence-corrected chi connectivity index (χ3v) is 6.96. The number of hydrogen-bond acceptors (Lipinski definition) is 8. The van der Waals surface area contributed by atoms with Gasteiger partial charge in [0, 0.05) is 55.9 Å². The lowest BCUT2D eigenvalue weighted by Gasteiger charge is -2.35. The maximum atomic E-state index is 11.9. The fourth-order valence-corrected chi connectivity index (χ4v) is 5.13. The molecular weight excluding hydrogens is 440 g/mol. The zero-order valence-corrected chi connectivity index (χ0v) is 19.6. The van der Waals surface area contributed by atoms with E-state index in [2.05, 4.69) is 20.5 Å². The van der Waals surface area contributed by atoms with Gasteiger partial charge in [0.2, 0.25) is 0 Å². The summed E-state index contributed by atoms with van der Waals surface area (Å²) in [4.78, 5) is 20.5. The lowest BCUT2D eigenvalue weighted by Crippen LogP contribution is -2.46. The average Bonchev–Trinajstić information content (AvgIpc) is 2.80. The van der Waals surface area contributed by atoms with E-state index in [0.29, 0.717) is 17.4 Å². The molecule has 0 atom stereocenters. The first-order valence-electron chi connectivity index (χ1n) is 11.5. The molecule has 0 unspecified atom stereocenters. The van der Waals surface area contributed by atoms with Crippen LogP contribution in [0.4, 0.5) is 22.9 Å². The number of primary amides is 1. The van der Waals surface area contributed by atoms with Gasteiger partial charge in [-0.3, -0.25) is 9.69 Å². The molecule has 2 aliphatic rings. The molecule has 1 aromatic carbocycles. The molecule has 10 heteroatoms. The van der Waals surface area contributed by atoms with Crippen molar-refractivity contribution in [2.45, 2.75) is 38.1 Å². The Morgan fingerprint density at radius 1 is 1.06 bits per heavy atom. The molecule has 4 N–H and O–H groups in total. The number of carbonyl (C=O) groups excluding carboxylic acids is 1. The first-order valence-corrected chi connectivity index (χ1v) is 12.9. The van der Waals surface area contributed by atoms with Crippen LogP contribution >= 0.6 is 0 Å². The number of benzene rings is 1. The van der Waals surface area contributed by atoms with Crippen LogP contribution < -0.4 is 21.3 Å². The molecule has 0 bridgehead atoms. The lowest BCUT2D eigenvalue weighted by molar-refractivity contribution is 0.100. The van der Waals surface area contributed by atoms with E-state index in [-0.39, 0.29) is 5.88 Å². The Kier molecular flexibility index (Phi) is 7.66. The van der Waals surface area contributed by atoms with E-state index in [9.17, 15) is 13.2 Å². The molecule has 1 amide bonds. The Bertz CT molecular complexity index is 1020. The van der Waals surface area contributed by atoms with Crippen molar-refractivity contribution in [3.8, 4) is 0 Å². The van der Waals surface area contributed by atoms with Gasteiger partial charge >= 0.3 is 0 Å². The molecule has 1 aliphatic heterocycles. The van der Waals surface area contributed by atoms with E-state index in [1.165, 1.54) is 25.5 Å². The van der Waals surface area contributed by atoms with Crippen molar-refractivity contribution < 1.29 is 13.2 Å². The second-order valence-electron chi connectivity index (χ2n) is 8.71. The number of amides is 1. The summed E-state index contributed by atoms with van der Waals surface area (Å²) in [5, 5.41) is 6.80. The van der Waals surface area contributed by atoms with Gasteiger partial charge in [-0.05, 0) is 37.1 Å². The first kappa shape index (κ1) is 23.3. The van der Waals surface area contributed by atoms with Crippen LogP contribution in [0, 0.1) is 0 Å². The Balaban J connectivity index is 1.40. The van der Waals surface area contributed by atoms with Gasteiger partial charge in [0.25, 0.3) is 5.91 Å². The molecule has 0 radical (unpaired) electrons. The van der Waals surface area contributed by atoms with Crippen LogP contribution in [0.15, 0.2) is 36.5 Å². The van der Waals surface area contributed by atoms with Crippen molar-refractivity contribution in [2.24, 2.45) is 5.73 Å². The number of hydrogen-bond donors (Lipinski definition) is 4. The Hall–Kier alpha value is -2.85. The highest BCUT2D eigenvalue weighted by molar-refractivity contribution is 7.72. The van der Waals surface area contributed by atoms with Crippen LogP contribution in [-0.4, -0.2) is 62.3 Å². The summed E-state index contributed by atoms with van der Waals surface area (Å²) in [6, 6.07) is 10.3. The predicted octanol–water partition coefficient (Wildman–Crippen LogP) is 2.36. The van der Waals surface area contributed by atoms with Crippen molar-refractivity contribution in [3.63, 3.8) is 0 Å². The molecule has 0 spiro atoms. The molecule has 1 aromatic heterocycles. The van der Waals surface area contributed by atoms with Crippen LogP contribution in [0.5, 0.6) is 0 Å². The Morgan fingerprint density at radius 2 is 1.76 bits per heavy atom. The van der Waals surface area contributed by atoms with Crippen molar-refractivity contribution in [1.82, 2.24) is 9.88 Å². The third kappa shape index (κ3) is 6.35. The monoisotopic (exact) mass is 472 g/mol. The van der Waals surface area contributed by atoms with Crippen LogP contribution in [0.25, 0.3) is 0 Å². The number of carbonyl (C=O) groups is 1. The molecule has 2 aromatic rings. The van der Waals surface area contributed by atoms with Gasteiger partial charge in [0.1, 0.15) is 5.82 Å². The zero-order chi connectivity index (χ0) is 23.2. The van der Waals surface area contributed by atoms with Crippen LogP contribution in [0.1, 0.15) is 42.5 Å². The maximum absolute atomic E-state index is 11.9. The molecule has 9 nitrogen and oxygen atoms in total. The molecule has 1 saturated carbocycles. The van der Waals surface area contributed by atoms with Crippen LogP contribution in [0.3, 0.4) is 0 Å². The lowest BCUT2D eigenvalue weighted by atomic mass is 9.95. The van der Waals surface area contributed by atoms with Gasteiger partial charge < -0.3 is 21.3 Å². The minimum atomic E-state index is -2.37. The minimum Gasteiger partial charge on any atom is -0.382 e. The van der Waals surface area contributed by atoms with Crippen molar-refractivity contribution >= 4 is 39.5 Å². The summed E-state index contributed by atoms with van der Waals surface area (Å²) < 4.78 is 21.8. The van der Waals surface area contributed by atoms with E-state index in [1.54, 1.807) is 0 Å². The van der Waals surface area contributed by atoms with E-state index in [1.807, 2.05) is 35.2 Å². The Labute approximate surface area is 196 Å². The normalized spacial score (nSPS) is 17.8. The van der Waals surface area contributed by atoms with E-state index in [4.69, 9.17) is 5.73 Å². The smallest absolute Gasteiger partial charge is 0.252 e. The molecular formula is C23H32N6O3S. The van der Waals surface area contributed by atoms with E-state index in [0.717, 1.165) is 56.1 Å². The van der Waals surface area contributed by atoms with Crippen molar-refractivity contribution in [1.29, 1.82) is 0 Å². The fraction of sp³-hybridized carbons (Fsp3) is 0.478. The summed E-state index contributed by atoms with van der Waals surface area (Å²) in [7, 11) is -2.37. The summed E-state index contributed by atoms with van der Waals surface area (Å²) in [6.45, 7) is 3.05. The van der Waals surface area contributed by atoms with E-state index >= 15 is 0 Å². The van der Waals surface area contributed by atoms with Gasteiger partial charge in [-0.1, -0.05) is 19.3 Å². The number of nitrogens with one attached hydrogen (secondary N) is 2. The van der Waals surface area contributed by atoms with Crippen LogP contribution in [0.2, 0.25) is 0 Å². The number of nitrogens with two attached hydrogens (primary N) is 1. The second kappa shape index (κ2) is 10.8. The van der Waals surface area contributed by atoms with Gasteiger partial charge in [-0.25, -0.2) is 13.4 Å². The summed E-state index contributed by atoms with van der Waals surface area (Å²) in [5.74, 6) is 0.288. The van der Waals surface area contributed by atoms with Crippen LogP contribution in [-0.2, 0) is 10.7 Å². The quantitative estimate of drug-likeness (QED) is 0.432. The summed E-state index contributed by atoms with van der Waals surface area (Å²) in [6.07, 6.45) is 7.36. The fourth-order valence-electron chi connectivity index (χ4n) is 4.52. The standard InChI is InChI=1S/C23H32N6O3S/c24-23(30)20-15-25-22(14-21(20)26-17-4-2-1-3-5-17)27-18-6-8-19(9-7-18)29-12-10-28(11-13-29)16-33(31)32/h6-9,14-15,17,33H,1-5,10-13,16H2,(H2,24,30)(H2,25,26,27). The molecule has 1 aliphatic carbocycles. The molecule has 4 rings (SSSR count). The Morgan fingerprint density at radius 3 is 2.39 bits per heavy atom. The summed E-state index contributed by atoms with van der Waals surface area (Å²) in [5.41, 5.74) is 8.69. The highest BCUT2D eigenvalue weighted by Crippen LogP contribution is 2.27. The highest BCUT2D eigenvalue weighted by Gasteiger charge is 2.19. The number of aromatic nitrogens is 1. The number of anilines is 4. The third-order valence-electron chi connectivity index (χ3n) is 6.33. The minimum absolute atomic E-state index is 0.130. The number of piperazine rings is 1. The molecule has 2 heterocycles. The zero-order valence-electron chi connectivity index (χ0n) is 18.7. The number of thiol groups is 1. The van der Waals surface area contributed by atoms with Gasteiger partial charge in [0.05, 0.1) is 17.1 Å².